The molecule has 0 bridgehead atoms. The topological polar surface area (TPSA) is 42.4 Å². The maximum absolute atomic E-state index is 12.9. The van der Waals surface area contributed by atoms with Crippen molar-refractivity contribution in [2.24, 2.45) is 0 Å². The van der Waals surface area contributed by atoms with Gasteiger partial charge in [-0.3, -0.25) is 9.78 Å². The van der Waals surface area contributed by atoms with Crippen molar-refractivity contribution in [1.29, 1.82) is 0 Å². The van der Waals surface area contributed by atoms with Gasteiger partial charge in [-0.2, -0.15) is 0 Å². The van der Waals surface area contributed by atoms with Gasteiger partial charge in [-0.05, 0) is 52.8 Å². The molecule has 5 heteroatoms. The first kappa shape index (κ1) is 17.8. The van der Waals surface area contributed by atoms with Gasteiger partial charge >= 0.3 is 0 Å². The highest BCUT2D eigenvalue weighted by atomic mass is 32.1. The highest BCUT2D eigenvalue weighted by molar-refractivity contribution is 7.10. The van der Waals surface area contributed by atoms with Crippen LogP contribution in [0.15, 0.2) is 48.1 Å². The molecule has 3 aromatic rings. The Morgan fingerprint density at radius 3 is 2.96 bits per heavy atom. The standard InChI is InChI=1S/C23H24N2O2S/c26-23(14-21-20-8-13-28-22(20)7-12-27-21)25-10-5-16(6-11-25)18-3-1-2-17-15-24-9-4-19(17)18/h1-4,8-9,13,15-16,21H,5-7,10-12,14H2. The summed E-state index contributed by atoms with van der Waals surface area (Å²) in [5.41, 5.74) is 2.62. The number of pyridine rings is 1. The molecule has 0 radical (unpaired) electrons. The van der Waals surface area contributed by atoms with Gasteiger partial charge in [-0.15, -0.1) is 11.3 Å². The van der Waals surface area contributed by atoms with E-state index >= 15 is 0 Å². The Morgan fingerprint density at radius 2 is 2.07 bits per heavy atom. The van der Waals surface area contributed by atoms with E-state index in [1.165, 1.54) is 26.8 Å². The smallest absolute Gasteiger partial charge is 0.225 e. The Labute approximate surface area is 169 Å². The molecule has 4 nitrogen and oxygen atoms in total. The van der Waals surface area contributed by atoms with Gasteiger partial charge in [0.1, 0.15) is 0 Å². The fourth-order valence-electron chi connectivity index (χ4n) is 4.62. The number of amides is 1. The Morgan fingerprint density at radius 1 is 1.18 bits per heavy atom. The number of hydrogen-bond donors (Lipinski definition) is 0. The van der Waals surface area contributed by atoms with Gasteiger partial charge in [-0.1, -0.05) is 18.2 Å². The van der Waals surface area contributed by atoms with Crippen molar-refractivity contribution in [2.45, 2.75) is 37.7 Å². The van der Waals surface area contributed by atoms with Crippen LogP contribution in [0.25, 0.3) is 10.8 Å². The first-order valence-corrected chi connectivity index (χ1v) is 11.0. The first-order valence-electron chi connectivity index (χ1n) is 10.1. The van der Waals surface area contributed by atoms with Gasteiger partial charge < -0.3 is 9.64 Å². The van der Waals surface area contributed by atoms with Crippen LogP contribution in [0.2, 0.25) is 0 Å². The number of likely N-dealkylation sites (tertiary alicyclic amines) is 1. The average Bonchev–Trinajstić information content (AvgIpc) is 3.23. The van der Waals surface area contributed by atoms with Gasteiger partial charge in [0.15, 0.2) is 0 Å². The molecule has 5 rings (SSSR count). The number of rotatable bonds is 3. The lowest BCUT2D eigenvalue weighted by Crippen LogP contribution is -2.39. The number of carbonyl (C=O) groups is 1. The monoisotopic (exact) mass is 392 g/mol. The predicted molar refractivity (Wildman–Crippen MR) is 112 cm³/mol. The predicted octanol–water partition coefficient (Wildman–Crippen LogP) is 4.71. The molecular formula is C23H24N2O2S. The molecule has 0 spiro atoms. The van der Waals surface area contributed by atoms with Gasteiger partial charge in [0.05, 0.1) is 19.1 Å². The second-order valence-corrected chi connectivity index (χ2v) is 8.71. The lowest BCUT2D eigenvalue weighted by Gasteiger charge is -2.34. The second kappa shape index (κ2) is 7.64. The fourth-order valence-corrected chi connectivity index (χ4v) is 5.54. The Bertz CT molecular complexity index is 986. The molecule has 0 N–H and O–H groups in total. The van der Waals surface area contributed by atoms with Crippen molar-refractivity contribution in [3.8, 4) is 0 Å². The molecule has 4 heterocycles. The van der Waals surface area contributed by atoms with Crippen LogP contribution in [0.1, 0.15) is 47.3 Å². The zero-order valence-electron chi connectivity index (χ0n) is 15.8. The third kappa shape index (κ3) is 3.33. The van der Waals surface area contributed by atoms with E-state index in [-0.39, 0.29) is 12.0 Å². The number of carbonyl (C=O) groups excluding carboxylic acids is 1. The lowest BCUT2D eigenvalue weighted by atomic mass is 9.86. The fraction of sp³-hybridized carbons (Fsp3) is 0.391. The number of aromatic nitrogens is 1. The number of hydrogen-bond acceptors (Lipinski definition) is 4. The second-order valence-electron chi connectivity index (χ2n) is 7.71. The Kier molecular flexibility index (Phi) is 4.87. The summed E-state index contributed by atoms with van der Waals surface area (Å²) in [6.45, 7) is 2.38. The number of benzene rings is 1. The van der Waals surface area contributed by atoms with Crippen LogP contribution in [0.3, 0.4) is 0 Å². The van der Waals surface area contributed by atoms with Crippen LogP contribution < -0.4 is 0 Å². The van der Waals surface area contributed by atoms with E-state index in [9.17, 15) is 4.79 Å². The molecule has 0 saturated carbocycles. The van der Waals surface area contributed by atoms with Crippen LogP contribution in [0, 0.1) is 0 Å². The minimum Gasteiger partial charge on any atom is -0.373 e. The van der Waals surface area contributed by atoms with Gasteiger partial charge in [0.2, 0.25) is 5.91 Å². The molecule has 1 amide bonds. The van der Waals surface area contributed by atoms with E-state index in [0.717, 1.165) is 39.0 Å². The summed E-state index contributed by atoms with van der Waals surface area (Å²) < 4.78 is 5.92. The molecule has 2 aromatic heterocycles. The molecule has 28 heavy (non-hydrogen) atoms. The lowest BCUT2D eigenvalue weighted by molar-refractivity contribution is -0.135. The Hall–Kier alpha value is -2.24. The van der Waals surface area contributed by atoms with Crippen LogP contribution in [-0.4, -0.2) is 35.5 Å². The molecule has 2 aliphatic rings. The summed E-state index contributed by atoms with van der Waals surface area (Å²) in [5.74, 6) is 0.731. The summed E-state index contributed by atoms with van der Waals surface area (Å²) in [7, 11) is 0. The van der Waals surface area contributed by atoms with Crippen molar-refractivity contribution >= 4 is 28.0 Å². The molecule has 1 unspecified atom stereocenters. The maximum atomic E-state index is 12.9. The molecule has 2 aliphatic heterocycles. The molecule has 1 saturated heterocycles. The van der Waals surface area contributed by atoms with Crippen molar-refractivity contribution in [3.63, 3.8) is 0 Å². The Balaban J connectivity index is 1.24. The number of thiophene rings is 1. The summed E-state index contributed by atoms with van der Waals surface area (Å²) in [4.78, 5) is 20.6. The van der Waals surface area contributed by atoms with E-state index in [4.69, 9.17) is 4.74 Å². The van der Waals surface area contributed by atoms with Crippen molar-refractivity contribution in [1.82, 2.24) is 9.88 Å². The van der Waals surface area contributed by atoms with Crippen LogP contribution >= 0.6 is 11.3 Å². The summed E-state index contributed by atoms with van der Waals surface area (Å²) in [6, 6.07) is 10.7. The highest BCUT2D eigenvalue weighted by Crippen LogP contribution is 2.35. The SMILES string of the molecule is O=C(CC1OCCc2sccc21)N1CCC(c2cccc3cnccc23)CC1. The third-order valence-electron chi connectivity index (χ3n) is 6.14. The first-order chi connectivity index (χ1) is 13.8. The zero-order valence-corrected chi connectivity index (χ0v) is 16.7. The van der Waals surface area contributed by atoms with E-state index < -0.39 is 0 Å². The normalized spacial score (nSPS) is 20.3. The average molecular weight is 393 g/mol. The van der Waals surface area contributed by atoms with Crippen LogP contribution in [-0.2, 0) is 16.0 Å². The summed E-state index contributed by atoms with van der Waals surface area (Å²) in [5, 5.41) is 4.60. The minimum atomic E-state index is -0.0641. The zero-order chi connectivity index (χ0) is 18.9. The van der Waals surface area contributed by atoms with Crippen molar-refractivity contribution < 1.29 is 9.53 Å². The van der Waals surface area contributed by atoms with Gasteiger partial charge in [0, 0.05) is 42.2 Å². The summed E-state index contributed by atoms with van der Waals surface area (Å²) in [6.07, 6.45) is 7.21. The quantitative estimate of drug-likeness (QED) is 0.648. The van der Waals surface area contributed by atoms with Gasteiger partial charge in [0.25, 0.3) is 0 Å². The number of fused-ring (bicyclic) bond motifs is 2. The van der Waals surface area contributed by atoms with E-state index in [0.29, 0.717) is 12.3 Å². The number of nitrogens with zero attached hydrogens (tertiary/aromatic N) is 2. The van der Waals surface area contributed by atoms with Crippen LogP contribution in [0.4, 0.5) is 0 Å². The molecule has 1 atom stereocenters. The molecule has 1 aromatic carbocycles. The largest absolute Gasteiger partial charge is 0.373 e. The van der Waals surface area contributed by atoms with Crippen molar-refractivity contribution in [3.05, 3.63) is 64.1 Å². The molecule has 144 valence electrons. The minimum absolute atomic E-state index is 0.0641. The molecule has 1 fully saturated rings. The molecular weight excluding hydrogens is 368 g/mol. The summed E-state index contributed by atoms with van der Waals surface area (Å²) >= 11 is 1.78. The molecule has 0 aliphatic carbocycles. The third-order valence-corrected chi connectivity index (χ3v) is 7.13. The van der Waals surface area contributed by atoms with E-state index in [1.807, 2.05) is 17.3 Å². The van der Waals surface area contributed by atoms with Gasteiger partial charge in [-0.25, -0.2) is 0 Å². The van der Waals surface area contributed by atoms with Crippen molar-refractivity contribution in [2.75, 3.05) is 19.7 Å². The number of ether oxygens (including phenoxy) is 1. The number of piperidine rings is 1. The highest BCUT2D eigenvalue weighted by Gasteiger charge is 2.29. The maximum Gasteiger partial charge on any atom is 0.225 e. The van der Waals surface area contributed by atoms with Crippen LogP contribution in [0.5, 0.6) is 0 Å². The van der Waals surface area contributed by atoms with E-state index in [2.05, 4.69) is 40.7 Å². The van der Waals surface area contributed by atoms with E-state index in [1.54, 1.807) is 11.3 Å².